The average Bonchev–Trinajstić information content (AvgIpc) is 2.42. The predicted molar refractivity (Wildman–Crippen MR) is 73.6 cm³/mol. The standard InChI is InChI=1S/C14H28N2O2/c1-4-8-15-13(14(17)18-3)11-16-9-6-7-12(5-2)10-16/h12-13,15H,4-11H2,1-3H3. The highest BCUT2D eigenvalue weighted by Crippen LogP contribution is 2.19. The van der Waals surface area contributed by atoms with E-state index in [-0.39, 0.29) is 12.0 Å². The molecule has 1 fully saturated rings. The summed E-state index contributed by atoms with van der Waals surface area (Å²) in [4.78, 5) is 14.1. The van der Waals surface area contributed by atoms with Crippen LogP contribution in [-0.4, -0.2) is 50.2 Å². The van der Waals surface area contributed by atoms with E-state index in [1.807, 2.05) is 0 Å². The number of likely N-dealkylation sites (tertiary alicyclic amines) is 1. The molecule has 0 radical (unpaired) electrons. The highest BCUT2D eigenvalue weighted by molar-refractivity contribution is 5.75. The number of ether oxygens (including phenoxy) is 1. The second-order valence-corrected chi connectivity index (χ2v) is 5.21. The summed E-state index contributed by atoms with van der Waals surface area (Å²) < 4.78 is 4.88. The topological polar surface area (TPSA) is 41.6 Å². The summed E-state index contributed by atoms with van der Waals surface area (Å²) in [6.07, 6.45) is 4.85. The molecule has 1 aliphatic rings. The molecular formula is C14H28N2O2. The Morgan fingerprint density at radius 3 is 2.89 bits per heavy atom. The van der Waals surface area contributed by atoms with E-state index >= 15 is 0 Å². The number of methoxy groups -OCH3 is 1. The summed E-state index contributed by atoms with van der Waals surface area (Å²) >= 11 is 0. The number of piperidine rings is 1. The van der Waals surface area contributed by atoms with Gasteiger partial charge in [-0.2, -0.15) is 0 Å². The van der Waals surface area contributed by atoms with Crippen LogP contribution in [0.25, 0.3) is 0 Å². The van der Waals surface area contributed by atoms with Gasteiger partial charge in [0.15, 0.2) is 0 Å². The zero-order chi connectivity index (χ0) is 13.4. The van der Waals surface area contributed by atoms with E-state index in [2.05, 4.69) is 24.1 Å². The van der Waals surface area contributed by atoms with Gasteiger partial charge in [0.1, 0.15) is 6.04 Å². The quantitative estimate of drug-likeness (QED) is 0.703. The number of nitrogens with zero attached hydrogens (tertiary/aromatic N) is 1. The molecule has 4 heteroatoms. The Hall–Kier alpha value is -0.610. The molecule has 2 atom stereocenters. The van der Waals surface area contributed by atoms with Gasteiger partial charge in [0.25, 0.3) is 0 Å². The van der Waals surface area contributed by atoms with Gasteiger partial charge in [-0.1, -0.05) is 20.3 Å². The van der Waals surface area contributed by atoms with Crippen molar-refractivity contribution < 1.29 is 9.53 Å². The van der Waals surface area contributed by atoms with Crippen LogP contribution in [0.4, 0.5) is 0 Å². The van der Waals surface area contributed by atoms with Crippen molar-refractivity contribution in [1.82, 2.24) is 10.2 Å². The average molecular weight is 256 g/mol. The van der Waals surface area contributed by atoms with Crippen molar-refractivity contribution in [3.05, 3.63) is 0 Å². The third kappa shape index (κ3) is 4.94. The van der Waals surface area contributed by atoms with Crippen molar-refractivity contribution >= 4 is 5.97 Å². The summed E-state index contributed by atoms with van der Waals surface area (Å²) in [5.41, 5.74) is 0. The molecule has 18 heavy (non-hydrogen) atoms. The second-order valence-electron chi connectivity index (χ2n) is 5.21. The molecule has 1 saturated heterocycles. The summed E-state index contributed by atoms with van der Waals surface area (Å²) in [5, 5.41) is 3.28. The molecule has 0 bridgehead atoms. The van der Waals surface area contributed by atoms with Gasteiger partial charge in [-0.05, 0) is 38.3 Å². The molecule has 0 aliphatic carbocycles. The van der Waals surface area contributed by atoms with E-state index in [0.29, 0.717) is 0 Å². The largest absolute Gasteiger partial charge is 0.468 e. The first kappa shape index (κ1) is 15.4. The Kier molecular flexibility index (Phi) is 7.28. The molecule has 0 aromatic carbocycles. The van der Waals surface area contributed by atoms with Gasteiger partial charge in [0, 0.05) is 13.1 Å². The zero-order valence-electron chi connectivity index (χ0n) is 12.1. The first-order valence-electron chi connectivity index (χ1n) is 7.24. The lowest BCUT2D eigenvalue weighted by molar-refractivity contribution is -0.143. The summed E-state index contributed by atoms with van der Waals surface area (Å²) in [7, 11) is 1.47. The van der Waals surface area contributed by atoms with Crippen molar-refractivity contribution in [3.8, 4) is 0 Å². The van der Waals surface area contributed by atoms with Crippen molar-refractivity contribution in [1.29, 1.82) is 0 Å². The van der Waals surface area contributed by atoms with Crippen LogP contribution in [0.1, 0.15) is 39.5 Å². The molecule has 1 rings (SSSR count). The molecule has 2 unspecified atom stereocenters. The molecular weight excluding hydrogens is 228 g/mol. The Labute approximate surface area is 111 Å². The fraction of sp³-hybridized carbons (Fsp3) is 0.929. The molecule has 106 valence electrons. The van der Waals surface area contributed by atoms with Crippen molar-refractivity contribution in [2.24, 2.45) is 5.92 Å². The number of esters is 1. The van der Waals surface area contributed by atoms with Crippen LogP contribution in [0.15, 0.2) is 0 Å². The molecule has 0 spiro atoms. The zero-order valence-corrected chi connectivity index (χ0v) is 12.1. The van der Waals surface area contributed by atoms with Crippen LogP contribution in [0.5, 0.6) is 0 Å². The fourth-order valence-electron chi connectivity index (χ4n) is 2.59. The van der Waals surface area contributed by atoms with Gasteiger partial charge in [0.2, 0.25) is 0 Å². The van der Waals surface area contributed by atoms with Gasteiger partial charge in [0.05, 0.1) is 7.11 Å². The van der Waals surface area contributed by atoms with Crippen LogP contribution in [-0.2, 0) is 9.53 Å². The fourth-order valence-corrected chi connectivity index (χ4v) is 2.59. The van der Waals surface area contributed by atoms with Crippen LogP contribution in [0, 0.1) is 5.92 Å². The molecule has 1 aliphatic heterocycles. The maximum atomic E-state index is 11.7. The lowest BCUT2D eigenvalue weighted by Crippen LogP contribution is -2.49. The maximum absolute atomic E-state index is 11.7. The van der Waals surface area contributed by atoms with E-state index in [9.17, 15) is 4.79 Å². The Balaban J connectivity index is 2.45. The number of carbonyl (C=O) groups is 1. The van der Waals surface area contributed by atoms with Gasteiger partial charge < -0.3 is 15.0 Å². The molecule has 0 amide bonds. The second kappa shape index (κ2) is 8.48. The van der Waals surface area contributed by atoms with Crippen molar-refractivity contribution in [2.75, 3.05) is 33.3 Å². The smallest absolute Gasteiger partial charge is 0.324 e. The SMILES string of the molecule is CCCNC(CN1CCCC(CC)C1)C(=O)OC. The van der Waals surface area contributed by atoms with Crippen LogP contribution >= 0.6 is 0 Å². The van der Waals surface area contributed by atoms with Gasteiger partial charge >= 0.3 is 5.97 Å². The Morgan fingerprint density at radius 1 is 1.50 bits per heavy atom. The first-order chi connectivity index (χ1) is 8.71. The van der Waals surface area contributed by atoms with E-state index in [1.54, 1.807) is 0 Å². The van der Waals surface area contributed by atoms with Crippen LogP contribution < -0.4 is 5.32 Å². The normalized spacial score (nSPS) is 22.7. The van der Waals surface area contributed by atoms with Crippen LogP contribution in [0.2, 0.25) is 0 Å². The number of carbonyl (C=O) groups excluding carboxylic acids is 1. The number of rotatable bonds is 7. The lowest BCUT2D eigenvalue weighted by Gasteiger charge is -2.34. The molecule has 0 aromatic heterocycles. The Bertz CT molecular complexity index is 246. The number of hydrogen-bond acceptors (Lipinski definition) is 4. The van der Waals surface area contributed by atoms with Gasteiger partial charge in [-0.3, -0.25) is 4.79 Å². The third-order valence-electron chi connectivity index (χ3n) is 3.75. The van der Waals surface area contributed by atoms with E-state index in [4.69, 9.17) is 4.74 Å². The van der Waals surface area contributed by atoms with E-state index < -0.39 is 0 Å². The summed E-state index contributed by atoms with van der Waals surface area (Å²) in [6, 6.07) is -0.175. The highest BCUT2D eigenvalue weighted by atomic mass is 16.5. The van der Waals surface area contributed by atoms with Crippen molar-refractivity contribution in [2.45, 2.75) is 45.6 Å². The Morgan fingerprint density at radius 2 is 2.28 bits per heavy atom. The van der Waals surface area contributed by atoms with Crippen LogP contribution in [0.3, 0.4) is 0 Å². The monoisotopic (exact) mass is 256 g/mol. The van der Waals surface area contributed by atoms with E-state index in [0.717, 1.165) is 38.5 Å². The number of nitrogens with one attached hydrogen (secondary N) is 1. The highest BCUT2D eigenvalue weighted by Gasteiger charge is 2.25. The predicted octanol–water partition coefficient (Wildman–Crippen LogP) is 1.65. The molecule has 1 N–H and O–H groups in total. The summed E-state index contributed by atoms with van der Waals surface area (Å²) in [6.45, 7) is 8.24. The molecule has 0 aromatic rings. The minimum Gasteiger partial charge on any atom is -0.468 e. The first-order valence-corrected chi connectivity index (χ1v) is 7.24. The van der Waals surface area contributed by atoms with Gasteiger partial charge in [-0.15, -0.1) is 0 Å². The number of hydrogen-bond donors (Lipinski definition) is 1. The molecule has 1 heterocycles. The third-order valence-corrected chi connectivity index (χ3v) is 3.75. The lowest BCUT2D eigenvalue weighted by atomic mass is 9.95. The van der Waals surface area contributed by atoms with Gasteiger partial charge in [-0.25, -0.2) is 0 Å². The minimum absolute atomic E-state index is 0.137. The minimum atomic E-state index is -0.175. The summed E-state index contributed by atoms with van der Waals surface area (Å²) in [5.74, 6) is 0.658. The molecule has 0 saturated carbocycles. The maximum Gasteiger partial charge on any atom is 0.324 e. The van der Waals surface area contributed by atoms with E-state index in [1.165, 1.54) is 26.4 Å². The molecule has 4 nitrogen and oxygen atoms in total. The van der Waals surface area contributed by atoms with Crippen molar-refractivity contribution in [3.63, 3.8) is 0 Å².